The first-order valence-corrected chi connectivity index (χ1v) is 7.70. The maximum absolute atomic E-state index is 12.0. The van der Waals surface area contributed by atoms with Gasteiger partial charge in [-0.15, -0.1) is 10.2 Å². The summed E-state index contributed by atoms with van der Waals surface area (Å²) < 4.78 is 26.9. The van der Waals surface area contributed by atoms with E-state index >= 15 is 0 Å². The minimum Gasteiger partial charge on any atom is -0.253 e. The topological polar surface area (TPSA) is 72.0 Å². The van der Waals surface area contributed by atoms with Crippen molar-refractivity contribution in [3.8, 4) is 0 Å². The summed E-state index contributed by atoms with van der Waals surface area (Å²) in [4.78, 5) is 0.179. The van der Waals surface area contributed by atoms with E-state index in [9.17, 15) is 8.42 Å². The molecule has 8 heteroatoms. The Morgan fingerprint density at radius 1 is 1.41 bits per heavy atom. The molecule has 90 valence electrons. The van der Waals surface area contributed by atoms with Crippen LogP contribution in [0.1, 0.15) is 5.56 Å². The van der Waals surface area contributed by atoms with Crippen molar-refractivity contribution in [1.29, 1.82) is 0 Å². The molecule has 1 N–H and O–H groups in total. The van der Waals surface area contributed by atoms with Gasteiger partial charge in [0.25, 0.3) is 10.0 Å². The van der Waals surface area contributed by atoms with Gasteiger partial charge in [0, 0.05) is 4.47 Å². The summed E-state index contributed by atoms with van der Waals surface area (Å²) in [5.41, 5.74) is 2.44. The van der Waals surface area contributed by atoms with Crippen molar-refractivity contribution < 1.29 is 8.42 Å². The Morgan fingerprint density at radius 3 is 2.76 bits per heavy atom. The molecule has 1 heterocycles. The Hall–Kier alpha value is -0.990. The summed E-state index contributed by atoms with van der Waals surface area (Å²) in [7, 11) is -3.62. The smallest absolute Gasteiger partial charge is 0.253 e. The van der Waals surface area contributed by atoms with Gasteiger partial charge in [-0.25, -0.2) is 8.42 Å². The van der Waals surface area contributed by atoms with Crippen molar-refractivity contribution in [3.63, 3.8) is 0 Å². The first kappa shape index (κ1) is 12.5. The van der Waals surface area contributed by atoms with Crippen molar-refractivity contribution >= 4 is 42.4 Å². The van der Waals surface area contributed by atoms with E-state index in [0.717, 1.165) is 16.9 Å². The van der Waals surface area contributed by atoms with E-state index in [4.69, 9.17) is 0 Å². The summed E-state index contributed by atoms with van der Waals surface area (Å²) >= 11 is 4.36. The average Bonchev–Trinajstić information content (AvgIpc) is 2.68. The molecule has 0 aliphatic heterocycles. The predicted octanol–water partition coefficient (Wildman–Crippen LogP) is 2.41. The zero-order chi connectivity index (χ0) is 12.5. The van der Waals surface area contributed by atoms with Gasteiger partial charge in [0.1, 0.15) is 10.4 Å². The molecular weight excluding hydrogens is 326 g/mol. The third-order valence-electron chi connectivity index (χ3n) is 1.96. The van der Waals surface area contributed by atoms with Crippen LogP contribution in [-0.2, 0) is 10.0 Å². The largest absolute Gasteiger partial charge is 0.264 e. The molecule has 1 aromatic heterocycles. The standard InChI is InChI=1S/C9H8BrN3O2S2/c1-6-2-3-8(7(10)4-6)17(14,15)13-9-12-11-5-16-9/h2-5H,1H3,(H,12,13). The Kier molecular flexibility index (Phi) is 3.45. The monoisotopic (exact) mass is 333 g/mol. The number of aryl methyl sites for hydroxylation is 1. The molecule has 0 saturated carbocycles. The van der Waals surface area contributed by atoms with Crippen LogP contribution in [0.15, 0.2) is 33.1 Å². The van der Waals surface area contributed by atoms with E-state index in [0.29, 0.717) is 4.47 Å². The highest BCUT2D eigenvalue weighted by atomic mass is 79.9. The number of aromatic nitrogens is 2. The molecule has 0 radical (unpaired) electrons. The second-order valence-electron chi connectivity index (χ2n) is 3.28. The predicted molar refractivity (Wildman–Crippen MR) is 69.6 cm³/mol. The fraction of sp³-hybridized carbons (Fsp3) is 0.111. The number of anilines is 1. The minimum atomic E-state index is -3.62. The van der Waals surface area contributed by atoms with Gasteiger partial charge >= 0.3 is 0 Å². The van der Waals surface area contributed by atoms with Crippen molar-refractivity contribution in [2.45, 2.75) is 11.8 Å². The number of nitrogens with one attached hydrogen (secondary N) is 1. The molecule has 0 saturated heterocycles. The molecule has 2 rings (SSSR count). The highest BCUT2D eigenvalue weighted by Gasteiger charge is 2.18. The fourth-order valence-electron chi connectivity index (χ4n) is 1.21. The van der Waals surface area contributed by atoms with E-state index in [2.05, 4.69) is 30.8 Å². The van der Waals surface area contributed by atoms with Crippen molar-refractivity contribution in [1.82, 2.24) is 10.2 Å². The van der Waals surface area contributed by atoms with Crippen LogP contribution in [0.5, 0.6) is 0 Å². The zero-order valence-corrected chi connectivity index (χ0v) is 11.9. The molecule has 0 atom stereocenters. The molecule has 2 aromatic rings. The Bertz CT molecular complexity index is 626. The number of sulfonamides is 1. The molecule has 0 bridgehead atoms. The molecule has 0 aliphatic rings. The molecule has 5 nitrogen and oxygen atoms in total. The lowest BCUT2D eigenvalue weighted by molar-refractivity contribution is 0.600. The Labute approximate surface area is 111 Å². The average molecular weight is 334 g/mol. The molecule has 17 heavy (non-hydrogen) atoms. The van der Waals surface area contributed by atoms with Crippen molar-refractivity contribution in [3.05, 3.63) is 33.7 Å². The van der Waals surface area contributed by atoms with Gasteiger partial charge in [0.2, 0.25) is 5.13 Å². The van der Waals surface area contributed by atoms with Gasteiger partial charge in [0.15, 0.2) is 0 Å². The summed E-state index contributed by atoms with van der Waals surface area (Å²) in [6.07, 6.45) is 0. The van der Waals surface area contributed by atoms with E-state index in [1.54, 1.807) is 18.2 Å². The SMILES string of the molecule is Cc1ccc(S(=O)(=O)Nc2nncs2)c(Br)c1. The first-order valence-electron chi connectivity index (χ1n) is 4.54. The second kappa shape index (κ2) is 4.71. The summed E-state index contributed by atoms with van der Waals surface area (Å²) in [5.74, 6) is 0. The highest BCUT2D eigenvalue weighted by molar-refractivity contribution is 9.10. The molecule has 0 fully saturated rings. The quantitative estimate of drug-likeness (QED) is 0.936. The van der Waals surface area contributed by atoms with Crippen LogP contribution in [0.2, 0.25) is 0 Å². The zero-order valence-electron chi connectivity index (χ0n) is 8.71. The Morgan fingerprint density at radius 2 is 2.18 bits per heavy atom. The maximum Gasteiger partial charge on any atom is 0.264 e. The molecular formula is C9H8BrN3O2S2. The lowest BCUT2D eigenvalue weighted by Gasteiger charge is -2.07. The van der Waals surface area contributed by atoms with Crippen LogP contribution >= 0.6 is 27.3 Å². The summed E-state index contributed by atoms with van der Waals surface area (Å²) in [6, 6.07) is 5.02. The molecule has 1 aromatic carbocycles. The van der Waals surface area contributed by atoms with Crippen LogP contribution in [-0.4, -0.2) is 18.6 Å². The number of nitrogens with zero attached hydrogens (tertiary/aromatic N) is 2. The lowest BCUT2D eigenvalue weighted by Crippen LogP contribution is -2.13. The maximum atomic E-state index is 12.0. The number of rotatable bonds is 3. The number of hydrogen-bond donors (Lipinski definition) is 1. The Balaban J connectivity index is 2.38. The normalized spacial score (nSPS) is 11.4. The summed E-state index contributed by atoms with van der Waals surface area (Å²) in [6.45, 7) is 1.89. The molecule has 0 spiro atoms. The van der Waals surface area contributed by atoms with Gasteiger partial charge in [-0.3, -0.25) is 4.72 Å². The van der Waals surface area contributed by atoms with Gasteiger partial charge < -0.3 is 0 Å². The first-order chi connectivity index (χ1) is 7.99. The fourth-order valence-corrected chi connectivity index (χ4v) is 4.10. The number of halogens is 1. The lowest BCUT2D eigenvalue weighted by atomic mass is 10.2. The van der Waals surface area contributed by atoms with Gasteiger partial charge in [0.05, 0.1) is 0 Å². The van der Waals surface area contributed by atoms with Crippen LogP contribution in [0, 0.1) is 6.92 Å². The van der Waals surface area contributed by atoms with Crippen LogP contribution in [0.3, 0.4) is 0 Å². The van der Waals surface area contributed by atoms with E-state index in [1.807, 2.05) is 6.92 Å². The van der Waals surface area contributed by atoms with Crippen LogP contribution < -0.4 is 4.72 Å². The van der Waals surface area contributed by atoms with Crippen molar-refractivity contribution in [2.75, 3.05) is 4.72 Å². The summed E-state index contributed by atoms with van der Waals surface area (Å²) in [5, 5.41) is 7.45. The van der Waals surface area contributed by atoms with E-state index in [-0.39, 0.29) is 10.0 Å². The van der Waals surface area contributed by atoms with Crippen molar-refractivity contribution in [2.24, 2.45) is 0 Å². The highest BCUT2D eigenvalue weighted by Crippen LogP contribution is 2.25. The van der Waals surface area contributed by atoms with E-state index in [1.165, 1.54) is 5.51 Å². The van der Waals surface area contributed by atoms with E-state index < -0.39 is 10.0 Å². The molecule has 0 aliphatic carbocycles. The minimum absolute atomic E-state index is 0.179. The molecule has 0 amide bonds. The third-order valence-corrected chi connectivity index (χ3v) is 5.01. The van der Waals surface area contributed by atoms with Gasteiger partial charge in [-0.2, -0.15) is 0 Å². The number of benzene rings is 1. The van der Waals surface area contributed by atoms with Gasteiger partial charge in [-0.1, -0.05) is 17.4 Å². The van der Waals surface area contributed by atoms with Gasteiger partial charge in [-0.05, 0) is 40.5 Å². The molecule has 0 unspecified atom stereocenters. The van der Waals surface area contributed by atoms with Crippen LogP contribution in [0.4, 0.5) is 5.13 Å². The second-order valence-corrected chi connectivity index (χ2v) is 6.62. The van der Waals surface area contributed by atoms with Crippen LogP contribution in [0.25, 0.3) is 0 Å². The number of hydrogen-bond acceptors (Lipinski definition) is 5. The third kappa shape index (κ3) is 2.82.